The van der Waals surface area contributed by atoms with E-state index in [0.29, 0.717) is 15.0 Å². The summed E-state index contributed by atoms with van der Waals surface area (Å²) in [7, 11) is 1.65. The Morgan fingerprint density at radius 2 is 2.35 bits per heavy atom. The Bertz CT molecular complexity index is 652. The number of benzene rings is 1. The average molecular weight is 369 g/mol. The average Bonchev–Trinajstić information content (AvgIpc) is 2.66. The van der Waals surface area contributed by atoms with E-state index in [9.17, 15) is 4.79 Å². The van der Waals surface area contributed by atoms with Gasteiger partial charge < -0.3 is 4.74 Å². The molecule has 1 saturated heterocycles. The van der Waals surface area contributed by atoms with Gasteiger partial charge in [0.25, 0.3) is 5.91 Å². The third kappa shape index (κ3) is 3.20. The van der Waals surface area contributed by atoms with Crippen molar-refractivity contribution in [3.8, 4) is 11.8 Å². The van der Waals surface area contributed by atoms with E-state index in [1.54, 1.807) is 19.2 Å². The molecule has 4 nitrogen and oxygen atoms in total. The second kappa shape index (κ2) is 6.39. The van der Waals surface area contributed by atoms with Gasteiger partial charge in [0.15, 0.2) is 6.61 Å². The number of likely N-dealkylation sites (N-methyl/N-ethyl adjacent to an activating group) is 1. The lowest BCUT2D eigenvalue weighted by Gasteiger charge is -2.07. The molecule has 1 fully saturated rings. The van der Waals surface area contributed by atoms with E-state index in [1.807, 2.05) is 18.2 Å². The first kappa shape index (κ1) is 15.0. The highest BCUT2D eigenvalue weighted by Crippen LogP contribution is 2.34. The van der Waals surface area contributed by atoms with Crippen molar-refractivity contribution in [2.45, 2.75) is 0 Å². The molecule has 2 rings (SSSR count). The summed E-state index contributed by atoms with van der Waals surface area (Å²) < 4.78 is 6.73. The van der Waals surface area contributed by atoms with Crippen LogP contribution in [0, 0.1) is 11.3 Å². The molecule has 7 heteroatoms. The number of thiocarbonyl (C=S) groups is 1. The van der Waals surface area contributed by atoms with Crippen molar-refractivity contribution in [1.29, 1.82) is 5.26 Å². The van der Waals surface area contributed by atoms with Crippen LogP contribution in [0.2, 0.25) is 0 Å². The van der Waals surface area contributed by atoms with Crippen LogP contribution < -0.4 is 4.74 Å². The van der Waals surface area contributed by atoms with E-state index in [0.717, 1.165) is 10.0 Å². The van der Waals surface area contributed by atoms with Gasteiger partial charge >= 0.3 is 0 Å². The van der Waals surface area contributed by atoms with Gasteiger partial charge in [-0.1, -0.05) is 39.9 Å². The number of thioether (sulfide) groups is 1. The summed E-state index contributed by atoms with van der Waals surface area (Å²) in [5.41, 5.74) is 0.726. The number of ether oxygens (including phenoxy) is 1. The van der Waals surface area contributed by atoms with Gasteiger partial charge in [0.1, 0.15) is 16.1 Å². The van der Waals surface area contributed by atoms with Crippen LogP contribution in [0.1, 0.15) is 5.56 Å². The molecule has 0 saturated carbocycles. The molecule has 0 bridgehead atoms. The number of amides is 1. The fourth-order valence-electron chi connectivity index (χ4n) is 1.56. The van der Waals surface area contributed by atoms with Gasteiger partial charge in [-0.2, -0.15) is 5.26 Å². The molecule has 0 spiro atoms. The summed E-state index contributed by atoms with van der Waals surface area (Å²) in [6.07, 6.45) is 1.72. The predicted octanol–water partition coefficient (Wildman–Crippen LogP) is 3.18. The number of carbonyl (C=O) groups excluding carboxylic acids is 1. The van der Waals surface area contributed by atoms with Gasteiger partial charge in [0.2, 0.25) is 0 Å². The van der Waals surface area contributed by atoms with Gasteiger partial charge in [-0.15, -0.1) is 0 Å². The predicted molar refractivity (Wildman–Crippen MR) is 86.2 cm³/mol. The molecule has 1 amide bonds. The summed E-state index contributed by atoms with van der Waals surface area (Å²) in [5, 5.41) is 8.59. The second-order valence-corrected chi connectivity index (χ2v) is 6.46. The highest BCUT2D eigenvalue weighted by Gasteiger charge is 2.28. The Morgan fingerprint density at radius 1 is 1.60 bits per heavy atom. The van der Waals surface area contributed by atoms with Crippen LogP contribution in [0.4, 0.5) is 0 Å². The van der Waals surface area contributed by atoms with E-state index in [4.69, 9.17) is 22.2 Å². The zero-order chi connectivity index (χ0) is 14.7. The van der Waals surface area contributed by atoms with Crippen LogP contribution in [0.15, 0.2) is 27.6 Å². The molecule has 1 aliphatic heterocycles. The molecule has 0 unspecified atom stereocenters. The number of hydrogen-bond acceptors (Lipinski definition) is 5. The number of hydrogen-bond donors (Lipinski definition) is 0. The van der Waals surface area contributed by atoms with Crippen molar-refractivity contribution in [1.82, 2.24) is 4.90 Å². The molecule has 1 heterocycles. The minimum absolute atomic E-state index is 0.0444. The SMILES string of the molecule is CN1C(=O)C(=Cc2cc(Br)ccc2OCC#N)SC1=S. The van der Waals surface area contributed by atoms with E-state index in [2.05, 4.69) is 15.9 Å². The molecule has 20 heavy (non-hydrogen) atoms. The molecule has 0 N–H and O–H groups in total. The smallest absolute Gasteiger partial charge is 0.265 e. The van der Waals surface area contributed by atoms with E-state index in [-0.39, 0.29) is 12.5 Å². The van der Waals surface area contributed by atoms with Crippen molar-refractivity contribution in [2.24, 2.45) is 0 Å². The molecule has 1 aromatic rings. The van der Waals surface area contributed by atoms with Crippen LogP contribution in [0.3, 0.4) is 0 Å². The lowest BCUT2D eigenvalue weighted by Crippen LogP contribution is -2.22. The van der Waals surface area contributed by atoms with Crippen molar-refractivity contribution in [3.63, 3.8) is 0 Å². The minimum atomic E-state index is -0.133. The summed E-state index contributed by atoms with van der Waals surface area (Å²) in [6.45, 7) is -0.0444. The lowest BCUT2D eigenvalue weighted by atomic mass is 10.2. The second-order valence-electron chi connectivity index (χ2n) is 3.87. The Hall–Kier alpha value is -1.36. The summed E-state index contributed by atoms with van der Waals surface area (Å²) in [6, 6.07) is 7.31. The highest BCUT2D eigenvalue weighted by atomic mass is 79.9. The number of carbonyl (C=O) groups is 1. The maximum Gasteiger partial charge on any atom is 0.265 e. The van der Waals surface area contributed by atoms with Gasteiger partial charge in [-0.25, -0.2) is 0 Å². The van der Waals surface area contributed by atoms with Crippen LogP contribution in [-0.4, -0.2) is 28.8 Å². The summed E-state index contributed by atoms with van der Waals surface area (Å²) >= 11 is 9.71. The largest absolute Gasteiger partial charge is 0.478 e. The molecule has 0 atom stereocenters. The fraction of sp³-hybridized carbons (Fsp3) is 0.154. The van der Waals surface area contributed by atoms with Gasteiger partial charge in [-0.05, 0) is 24.3 Å². The quantitative estimate of drug-likeness (QED) is 0.605. The lowest BCUT2D eigenvalue weighted by molar-refractivity contribution is -0.121. The molecule has 0 aliphatic carbocycles. The molecule has 1 aliphatic rings. The molecule has 102 valence electrons. The molecular weight excluding hydrogens is 360 g/mol. The first-order chi connectivity index (χ1) is 9.52. The van der Waals surface area contributed by atoms with Crippen LogP contribution in [0.5, 0.6) is 5.75 Å². The van der Waals surface area contributed by atoms with Crippen LogP contribution in [-0.2, 0) is 4.79 Å². The Morgan fingerprint density at radius 3 is 2.95 bits per heavy atom. The maximum atomic E-state index is 12.0. The van der Waals surface area contributed by atoms with Crippen molar-refractivity contribution >= 4 is 56.2 Å². The Labute approximate surface area is 134 Å². The fourth-order valence-corrected chi connectivity index (χ4v) is 3.11. The van der Waals surface area contributed by atoms with Crippen LogP contribution in [0.25, 0.3) is 6.08 Å². The standard InChI is InChI=1S/C13H9BrN2O2S2/c1-16-12(17)11(20-13(16)19)7-8-6-9(14)2-3-10(8)18-5-4-15/h2-3,6-7H,5H2,1H3. The highest BCUT2D eigenvalue weighted by molar-refractivity contribution is 9.10. The normalized spacial score (nSPS) is 16.6. The van der Waals surface area contributed by atoms with E-state index < -0.39 is 0 Å². The molecule has 1 aromatic carbocycles. The Kier molecular flexibility index (Phi) is 4.81. The van der Waals surface area contributed by atoms with Gasteiger partial charge in [0, 0.05) is 17.1 Å². The van der Waals surface area contributed by atoms with Gasteiger partial charge in [0.05, 0.1) is 4.91 Å². The first-order valence-corrected chi connectivity index (χ1v) is 7.55. The zero-order valence-corrected chi connectivity index (χ0v) is 13.6. The maximum absolute atomic E-state index is 12.0. The third-order valence-corrected chi connectivity index (χ3v) is 4.52. The van der Waals surface area contributed by atoms with Crippen LogP contribution >= 0.6 is 39.9 Å². The number of nitriles is 1. The van der Waals surface area contributed by atoms with E-state index in [1.165, 1.54) is 16.7 Å². The van der Waals surface area contributed by atoms with Crippen molar-refractivity contribution < 1.29 is 9.53 Å². The van der Waals surface area contributed by atoms with Gasteiger partial charge in [-0.3, -0.25) is 9.69 Å². The number of rotatable bonds is 3. The Balaban J connectivity index is 2.37. The molecule has 0 aromatic heterocycles. The summed E-state index contributed by atoms with van der Waals surface area (Å²) in [5.74, 6) is 0.419. The third-order valence-electron chi connectivity index (χ3n) is 2.54. The monoisotopic (exact) mass is 368 g/mol. The number of halogens is 1. The molecular formula is C13H9BrN2O2S2. The topological polar surface area (TPSA) is 53.3 Å². The molecule has 0 radical (unpaired) electrons. The minimum Gasteiger partial charge on any atom is -0.478 e. The van der Waals surface area contributed by atoms with Crippen molar-refractivity contribution in [3.05, 3.63) is 33.1 Å². The van der Waals surface area contributed by atoms with E-state index >= 15 is 0 Å². The number of nitrogens with zero attached hydrogens (tertiary/aromatic N) is 2. The van der Waals surface area contributed by atoms with Crippen molar-refractivity contribution in [2.75, 3.05) is 13.7 Å². The first-order valence-electron chi connectivity index (χ1n) is 5.54. The zero-order valence-electron chi connectivity index (χ0n) is 10.4. The summed E-state index contributed by atoms with van der Waals surface area (Å²) in [4.78, 5) is 13.9.